The quantitative estimate of drug-likeness (QED) is 0.347. The van der Waals surface area contributed by atoms with E-state index in [4.69, 9.17) is 4.74 Å². The molecule has 8 heteroatoms. The number of aromatic amines is 1. The number of nitrogens with one attached hydrogen (secondary N) is 1. The second-order valence-electron chi connectivity index (χ2n) is 8.96. The number of carbonyl (C=O) groups is 1. The summed E-state index contributed by atoms with van der Waals surface area (Å²) in [7, 11) is 1.64. The Balaban J connectivity index is 1.42. The maximum Gasteiger partial charge on any atom is 0.255 e. The van der Waals surface area contributed by atoms with Gasteiger partial charge in [-0.3, -0.25) is 14.9 Å². The molecule has 0 saturated heterocycles. The number of ether oxygens (including phenoxy) is 1. The van der Waals surface area contributed by atoms with Crippen molar-refractivity contribution in [2.75, 3.05) is 7.11 Å². The van der Waals surface area contributed by atoms with Gasteiger partial charge in [0.05, 0.1) is 19.3 Å². The summed E-state index contributed by atoms with van der Waals surface area (Å²) in [5, 5.41) is 6.96. The third-order valence-electron chi connectivity index (χ3n) is 6.83. The molecule has 0 radical (unpaired) electrons. The summed E-state index contributed by atoms with van der Waals surface area (Å²) in [6, 6.07) is 15.5. The lowest BCUT2D eigenvalue weighted by Gasteiger charge is -2.25. The second-order valence-corrected chi connectivity index (χ2v) is 8.96. The first kappa shape index (κ1) is 22.6. The molecule has 8 nitrogen and oxygen atoms in total. The molecule has 3 aromatic heterocycles. The second kappa shape index (κ2) is 9.31. The summed E-state index contributed by atoms with van der Waals surface area (Å²) in [4.78, 5) is 29.0. The van der Waals surface area contributed by atoms with E-state index in [1.165, 1.54) is 0 Å². The van der Waals surface area contributed by atoms with E-state index in [0.717, 1.165) is 44.7 Å². The van der Waals surface area contributed by atoms with Gasteiger partial charge in [0, 0.05) is 59.8 Å². The van der Waals surface area contributed by atoms with E-state index >= 15 is 0 Å². The van der Waals surface area contributed by atoms with E-state index in [9.17, 15) is 4.79 Å². The van der Waals surface area contributed by atoms with Crippen molar-refractivity contribution < 1.29 is 9.53 Å². The minimum atomic E-state index is -0.135. The molecule has 0 saturated carbocycles. The van der Waals surface area contributed by atoms with E-state index in [0.29, 0.717) is 17.9 Å². The van der Waals surface area contributed by atoms with E-state index in [1.807, 2.05) is 72.9 Å². The Bertz CT molecular complexity index is 1570. The first-order chi connectivity index (χ1) is 18.1. The highest BCUT2D eigenvalue weighted by molar-refractivity contribution is 6.02. The number of benzene rings is 2. The lowest BCUT2D eigenvalue weighted by molar-refractivity contribution is 0.0715. The van der Waals surface area contributed by atoms with Gasteiger partial charge < -0.3 is 9.64 Å². The van der Waals surface area contributed by atoms with Gasteiger partial charge in [-0.05, 0) is 65.6 Å². The number of H-pyrrole nitrogens is 1. The Morgan fingerprint density at radius 3 is 2.49 bits per heavy atom. The molecule has 1 aliphatic rings. The zero-order chi connectivity index (χ0) is 25.4. The average molecular weight is 489 g/mol. The number of amides is 1. The Labute approximate surface area is 214 Å². The fourth-order valence-corrected chi connectivity index (χ4v) is 4.77. The largest absolute Gasteiger partial charge is 0.497 e. The smallest absolute Gasteiger partial charge is 0.255 e. The lowest BCUT2D eigenvalue weighted by atomic mass is 9.94. The minimum absolute atomic E-state index is 0.00943. The van der Waals surface area contributed by atoms with Crippen LogP contribution in [0.5, 0.6) is 5.75 Å². The summed E-state index contributed by atoms with van der Waals surface area (Å²) in [6.45, 7) is 2.53. The Kier molecular flexibility index (Phi) is 5.69. The molecule has 1 atom stereocenters. The van der Waals surface area contributed by atoms with Crippen molar-refractivity contribution in [2.24, 2.45) is 0 Å². The van der Waals surface area contributed by atoms with Crippen molar-refractivity contribution in [3.05, 3.63) is 102 Å². The predicted octanol–water partition coefficient (Wildman–Crippen LogP) is 5.32. The van der Waals surface area contributed by atoms with Crippen molar-refractivity contribution in [1.29, 1.82) is 0 Å². The number of aromatic nitrogens is 5. The summed E-state index contributed by atoms with van der Waals surface area (Å²) < 4.78 is 5.40. The number of carbonyl (C=O) groups excluding carboxylic acids is 1. The van der Waals surface area contributed by atoms with Crippen molar-refractivity contribution in [2.45, 2.75) is 19.5 Å². The number of pyridine rings is 1. The first-order valence-electron chi connectivity index (χ1n) is 12.0. The molecule has 6 rings (SSSR count). The predicted molar refractivity (Wildman–Crippen MR) is 140 cm³/mol. The zero-order valence-corrected chi connectivity index (χ0v) is 20.4. The molecule has 0 aliphatic carbocycles. The molecule has 0 unspecified atom stereocenters. The number of fused-ring (bicyclic) bond motifs is 1. The van der Waals surface area contributed by atoms with Crippen LogP contribution in [0.1, 0.15) is 34.5 Å². The van der Waals surface area contributed by atoms with E-state index in [1.54, 1.807) is 25.7 Å². The summed E-state index contributed by atoms with van der Waals surface area (Å²) in [5.74, 6) is 1.36. The molecule has 0 fully saturated rings. The first-order valence-corrected chi connectivity index (χ1v) is 12.0. The molecule has 37 heavy (non-hydrogen) atoms. The lowest BCUT2D eigenvalue weighted by Crippen LogP contribution is -2.27. The fourth-order valence-electron chi connectivity index (χ4n) is 4.77. The van der Waals surface area contributed by atoms with Crippen LogP contribution in [0.15, 0.2) is 85.7 Å². The van der Waals surface area contributed by atoms with Crippen LogP contribution in [0.4, 0.5) is 0 Å². The topological polar surface area (TPSA) is 96.9 Å². The van der Waals surface area contributed by atoms with Gasteiger partial charge in [-0.1, -0.05) is 12.1 Å². The van der Waals surface area contributed by atoms with Crippen molar-refractivity contribution in [1.82, 2.24) is 30.0 Å². The van der Waals surface area contributed by atoms with Crippen LogP contribution in [-0.2, 0) is 6.54 Å². The summed E-state index contributed by atoms with van der Waals surface area (Å²) >= 11 is 0. The Morgan fingerprint density at radius 2 is 1.76 bits per heavy atom. The number of hydrogen-bond donors (Lipinski definition) is 1. The number of nitrogens with zero attached hydrogens (tertiary/aromatic N) is 5. The molecule has 4 heterocycles. The van der Waals surface area contributed by atoms with E-state index in [-0.39, 0.29) is 11.9 Å². The van der Waals surface area contributed by atoms with Gasteiger partial charge >= 0.3 is 0 Å². The minimum Gasteiger partial charge on any atom is -0.497 e. The fraction of sp³-hybridized carbons (Fsp3) is 0.138. The van der Waals surface area contributed by atoms with Crippen molar-refractivity contribution in [3.63, 3.8) is 0 Å². The number of hydrogen-bond acceptors (Lipinski definition) is 6. The van der Waals surface area contributed by atoms with Crippen LogP contribution >= 0.6 is 0 Å². The van der Waals surface area contributed by atoms with Crippen LogP contribution in [0.25, 0.3) is 33.6 Å². The SMILES string of the molecule is COc1cccc([C@@H](C)N2Cc3c(cc(-c4cn[nH]c4)cc3-c3cnc(-c4cccnc4)nc3)C2=O)c1. The molecule has 0 spiro atoms. The standard InChI is InChI=1S/C29H24N6O2/c1-18(19-5-3-7-24(9-19)37-2)35-17-27-25(10-21(11-26(27)29(35)36)22-15-33-34-16-22)23-13-31-28(32-14-23)20-6-4-8-30-12-20/h3-16,18H,17H2,1-2H3,(H,33,34)/t18-/m1/s1. The van der Waals surface area contributed by atoms with Crippen LogP contribution < -0.4 is 4.74 Å². The van der Waals surface area contributed by atoms with Crippen molar-refractivity contribution >= 4 is 5.91 Å². The van der Waals surface area contributed by atoms with Gasteiger partial charge in [0.15, 0.2) is 5.82 Å². The molecule has 182 valence electrons. The van der Waals surface area contributed by atoms with Crippen LogP contribution in [0.2, 0.25) is 0 Å². The molecular weight excluding hydrogens is 464 g/mol. The highest BCUT2D eigenvalue weighted by Gasteiger charge is 2.34. The highest BCUT2D eigenvalue weighted by atomic mass is 16.5. The zero-order valence-electron chi connectivity index (χ0n) is 20.4. The number of rotatable bonds is 6. The van der Waals surface area contributed by atoms with Crippen LogP contribution in [0, 0.1) is 0 Å². The molecule has 5 aromatic rings. The average Bonchev–Trinajstić information content (AvgIpc) is 3.61. The normalized spacial score (nSPS) is 13.5. The maximum atomic E-state index is 13.7. The Morgan fingerprint density at radius 1 is 0.919 bits per heavy atom. The van der Waals surface area contributed by atoms with Gasteiger partial charge in [-0.15, -0.1) is 0 Å². The van der Waals surface area contributed by atoms with E-state index < -0.39 is 0 Å². The summed E-state index contributed by atoms with van der Waals surface area (Å²) in [6.07, 6.45) is 10.7. The van der Waals surface area contributed by atoms with Gasteiger partial charge in [-0.2, -0.15) is 5.10 Å². The Hall–Kier alpha value is -4.85. The van der Waals surface area contributed by atoms with E-state index in [2.05, 4.69) is 31.2 Å². The molecule has 1 N–H and O–H groups in total. The number of methoxy groups -OCH3 is 1. The molecule has 2 aromatic carbocycles. The third-order valence-corrected chi connectivity index (χ3v) is 6.83. The third kappa shape index (κ3) is 4.12. The monoisotopic (exact) mass is 488 g/mol. The van der Waals surface area contributed by atoms with Gasteiger partial charge in [0.2, 0.25) is 0 Å². The van der Waals surface area contributed by atoms with Crippen LogP contribution in [-0.4, -0.2) is 43.1 Å². The molecule has 1 aliphatic heterocycles. The maximum absolute atomic E-state index is 13.7. The summed E-state index contributed by atoms with van der Waals surface area (Å²) in [5.41, 5.74) is 7.09. The highest BCUT2D eigenvalue weighted by Crippen LogP contribution is 2.40. The molecule has 1 amide bonds. The molecule has 0 bridgehead atoms. The van der Waals surface area contributed by atoms with Gasteiger partial charge in [0.25, 0.3) is 5.91 Å². The van der Waals surface area contributed by atoms with Gasteiger partial charge in [0.1, 0.15) is 5.75 Å². The van der Waals surface area contributed by atoms with Crippen LogP contribution in [0.3, 0.4) is 0 Å². The van der Waals surface area contributed by atoms with Crippen molar-refractivity contribution in [3.8, 4) is 39.4 Å². The van der Waals surface area contributed by atoms with Gasteiger partial charge in [-0.25, -0.2) is 9.97 Å². The molecular formula is C29H24N6O2.